The number of nitrogens with zero attached hydrogens (tertiary/aromatic N) is 1. The molecule has 0 aliphatic heterocycles. The number of hydrogen-bond donors (Lipinski definition) is 2. The number of nitro benzene ring substituents is 1. The second-order valence-electron chi connectivity index (χ2n) is 5.10. The van der Waals surface area contributed by atoms with Gasteiger partial charge in [-0.1, -0.05) is 23.2 Å². The van der Waals surface area contributed by atoms with E-state index < -0.39 is 16.3 Å². The van der Waals surface area contributed by atoms with Crippen molar-refractivity contribution < 1.29 is 9.72 Å². The van der Waals surface area contributed by atoms with E-state index in [1.54, 1.807) is 12.1 Å². The maximum atomic E-state index is 12.5. The number of carbonyl (C=O) groups is 1. The monoisotopic (exact) mass is 377 g/mol. The first kappa shape index (κ1) is 16.9. The fraction of sp³-hybridized carbons (Fsp3) is 0. The smallest absolute Gasteiger partial charge is 0.271 e. The molecule has 1 amide bonds. The number of fused-ring (bicyclic) bond motifs is 1. The molecule has 126 valence electrons. The van der Waals surface area contributed by atoms with Crippen LogP contribution in [0.3, 0.4) is 0 Å². The maximum absolute atomic E-state index is 12.5. The highest BCUT2D eigenvalue weighted by atomic mass is 35.5. The van der Waals surface area contributed by atoms with Crippen LogP contribution in [0.25, 0.3) is 10.9 Å². The molecule has 9 heteroatoms. The minimum atomic E-state index is -0.695. The molecule has 3 rings (SSSR count). The summed E-state index contributed by atoms with van der Waals surface area (Å²) in [6.07, 6.45) is 1.28. The van der Waals surface area contributed by atoms with E-state index in [-0.39, 0.29) is 27.3 Å². The molecule has 25 heavy (non-hydrogen) atoms. The van der Waals surface area contributed by atoms with Crippen LogP contribution in [0.15, 0.2) is 47.4 Å². The van der Waals surface area contributed by atoms with Crippen LogP contribution in [-0.4, -0.2) is 15.8 Å². The summed E-state index contributed by atoms with van der Waals surface area (Å²) in [5.74, 6) is -0.695. The third-order valence-corrected chi connectivity index (χ3v) is 4.05. The number of hydrogen-bond acceptors (Lipinski definition) is 4. The van der Waals surface area contributed by atoms with Crippen LogP contribution < -0.4 is 10.7 Å². The van der Waals surface area contributed by atoms with Crippen molar-refractivity contribution in [3.05, 3.63) is 78.5 Å². The average molecular weight is 378 g/mol. The molecule has 7 nitrogen and oxygen atoms in total. The van der Waals surface area contributed by atoms with Crippen molar-refractivity contribution >= 4 is 51.4 Å². The molecule has 0 radical (unpaired) electrons. The molecule has 0 bridgehead atoms. The summed E-state index contributed by atoms with van der Waals surface area (Å²) in [6.45, 7) is 0. The highest BCUT2D eigenvalue weighted by molar-refractivity contribution is 6.34. The van der Waals surface area contributed by atoms with Crippen molar-refractivity contribution in [2.24, 2.45) is 0 Å². The normalized spacial score (nSPS) is 10.6. The maximum Gasteiger partial charge on any atom is 0.271 e. The molecular formula is C16H9Cl2N3O4. The quantitative estimate of drug-likeness (QED) is 0.531. The first-order valence-corrected chi connectivity index (χ1v) is 7.68. The van der Waals surface area contributed by atoms with E-state index in [4.69, 9.17) is 23.2 Å². The number of rotatable bonds is 3. The van der Waals surface area contributed by atoms with Crippen LogP contribution in [0, 0.1) is 10.1 Å². The largest absolute Gasteiger partial charge is 0.360 e. The standard InChI is InChI=1S/C16H9Cl2N3O4/c17-8-1-3-13-10(5-8)15(22)11(7-19-13)16(23)20-14-4-2-9(21(24)25)6-12(14)18/h1-7H,(H,19,22)(H,20,23). The number of carbonyl (C=O) groups excluding carboxylic acids is 1. The van der Waals surface area contributed by atoms with E-state index in [9.17, 15) is 19.7 Å². The number of aromatic nitrogens is 1. The molecule has 0 atom stereocenters. The number of anilines is 1. The number of H-pyrrole nitrogens is 1. The number of non-ortho nitro benzene ring substituents is 1. The fourth-order valence-electron chi connectivity index (χ4n) is 2.27. The van der Waals surface area contributed by atoms with Crippen molar-refractivity contribution in [2.75, 3.05) is 5.32 Å². The van der Waals surface area contributed by atoms with Crippen LogP contribution in [0.5, 0.6) is 0 Å². The summed E-state index contributed by atoms with van der Waals surface area (Å²) >= 11 is 11.8. The van der Waals surface area contributed by atoms with Gasteiger partial charge in [0.25, 0.3) is 11.6 Å². The lowest BCUT2D eigenvalue weighted by molar-refractivity contribution is -0.384. The third-order valence-electron chi connectivity index (χ3n) is 3.50. The molecule has 2 aromatic carbocycles. The van der Waals surface area contributed by atoms with Crippen LogP contribution >= 0.6 is 23.2 Å². The molecular weight excluding hydrogens is 369 g/mol. The van der Waals surface area contributed by atoms with Gasteiger partial charge in [0.05, 0.1) is 15.6 Å². The number of benzene rings is 2. The van der Waals surface area contributed by atoms with Gasteiger partial charge in [-0.05, 0) is 24.3 Å². The number of amides is 1. The van der Waals surface area contributed by atoms with Crippen molar-refractivity contribution in [3.63, 3.8) is 0 Å². The summed E-state index contributed by atoms with van der Waals surface area (Å²) in [5, 5.41) is 13.8. The molecule has 0 aliphatic carbocycles. The molecule has 1 aromatic heterocycles. The summed E-state index contributed by atoms with van der Waals surface area (Å²) in [5.41, 5.74) is -0.140. The second kappa shape index (κ2) is 6.54. The Morgan fingerprint density at radius 1 is 1.16 bits per heavy atom. The second-order valence-corrected chi connectivity index (χ2v) is 5.94. The summed E-state index contributed by atoms with van der Waals surface area (Å²) in [7, 11) is 0. The van der Waals surface area contributed by atoms with Gasteiger partial charge in [0.15, 0.2) is 0 Å². The van der Waals surface area contributed by atoms with E-state index in [1.807, 2.05) is 0 Å². The van der Waals surface area contributed by atoms with E-state index in [0.29, 0.717) is 10.5 Å². The lowest BCUT2D eigenvalue weighted by atomic mass is 10.1. The summed E-state index contributed by atoms with van der Waals surface area (Å²) in [6, 6.07) is 8.33. The predicted octanol–water partition coefficient (Wildman–Crippen LogP) is 4.00. The average Bonchev–Trinajstić information content (AvgIpc) is 2.57. The predicted molar refractivity (Wildman–Crippen MR) is 95.6 cm³/mol. The zero-order valence-corrected chi connectivity index (χ0v) is 13.9. The molecule has 0 saturated heterocycles. The van der Waals surface area contributed by atoms with Crippen LogP contribution in [0.2, 0.25) is 10.0 Å². The molecule has 0 saturated carbocycles. The molecule has 0 unspecified atom stereocenters. The van der Waals surface area contributed by atoms with E-state index in [2.05, 4.69) is 10.3 Å². The zero-order chi connectivity index (χ0) is 18.1. The van der Waals surface area contributed by atoms with Gasteiger partial charge in [0.1, 0.15) is 5.56 Å². The number of aromatic amines is 1. The highest BCUT2D eigenvalue weighted by Crippen LogP contribution is 2.27. The van der Waals surface area contributed by atoms with Crippen molar-refractivity contribution in [3.8, 4) is 0 Å². The molecule has 0 fully saturated rings. The van der Waals surface area contributed by atoms with Crippen molar-refractivity contribution in [1.29, 1.82) is 0 Å². The SMILES string of the molecule is O=C(Nc1ccc([N+](=O)[O-])cc1Cl)c1c[nH]c2ccc(Cl)cc2c1=O. The van der Waals surface area contributed by atoms with Crippen molar-refractivity contribution in [1.82, 2.24) is 4.98 Å². The van der Waals surface area contributed by atoms with Gasteiger partial charge in [-0.25, -0.2) is 0 Å². The highest BCUT2D eigenvalue weighted by Gasteiger charge is 2.16. The number of nitro groups is 1. The first-order valence-electron chi connectivity index (χ1n) is 6.93. The molecule has 1 heterocycles. The Bertz CT molecular complexity index is 1080. The van der Waals surface area contributed by atoms with Crippen LogP contribution in [0.4, 0.5) is 11.4 Å². The fourth-order valence-corrected chi connectivity index (χ4v) is 2.66. The van der Waals surface area contributed by atoms with E-state index >= 15 is 0 Å². The van der Waals surface area contributed by atoms with Gasteiger partial charge < -0.3 is 10.3 Å². The third kappa shape index (κ3) is 3.33. The Labute approximate surface area is 150 Å². The molecule has 0 aliphatic rings. The van der Waals surface area contributed by atoms with Crippen LogP contribution in [0.1, 0.15) is 10.4 Å². The summed E-state index contributed by atoms with van der Waals surface area (Å²) in [4.78, 5) is 37.8. The van der Waals surface area contributed by atoms with Gasteiger partial charge >= 0.3 is 0 Å². The number of halogens is 2. The molecule has 0 spiro atoms. The van der Waals surface area contributed by atoms with Gasteiger partial charge in [-0.3, -0.25) is 19.7 Å². The van der Waals surface area contributed by atoms with E-state index in [1.165, 1.54) is 24.4 Å². The lowest BCUT2D eigenvalue weighted by Crippen LogP contribution is -2.22. The minimum Gasteiger partial charge on any atom is -0.360 e. The lowest BCUT2D eigenvalue weighted by Gasteiger charge is -2.07. The van der Waals surface area contributed by atoms with Gasteiger partial charge in [-0.15, -0.1) is 0 Å². The Kier molecular flexibility index (Phi) is 4.43. The Balaban J connectivity index is 1.97. The Morgan fingerprint density at radius 2 is 1.92 bits per heavy atom. The molecule has 3 aromatic rings. The Morgan fingerprint density at radius 3 is 2.60 bits per heavy atom. The Hall–Kier alpha value is -2.90. The van der Waals surface area contributed by atoms with Gasteiger partial charge in [0, 0.05) is 34.3 Å². The van der Waals surface area contributed by atoms with Gasteiger partial charge in [-0.2, -0.15) is 0 Å². The van der Waals surface area contributed by atoms with Gasteiger partial charge in [0.2, 0.25) is 5.43 Å². The van der Waals surface area contributed by atoms with Crippen molar-refractivity contribution in [2.45, 2.75) is 0 Å². The zero-order valence-electron chi connectivity index (χ0n) is 12.4. The van der Waals surface area contributed by atoms with Crippen LogP contribution in [-0.2, 0) is 0 Å². The topological polar surface area (TPSA) is 105 Å². The van der Waals surface area contributed by atoms with E-state index in [0.717, 1.165) is 6.07 Å². The number of nitrogens with one attached hydrogen (secondary N) is 2. The minimum absolute atomic E-state index is 0.0113. The summed E-state index contributed by atoms with van der Waals surface area (Å²) < 4.78 is 0. The number of pyridine rings is 1. The molecule has 2 N–H and O–H groups in total. The first-order chi connectivity index (χ1) is 11.9.